The summed E-state index contributed by atoms with van der Waals surface area (Å²) in [5, 5.41) is 1.04. The van der Waals surface area contributed by atoms with Crippen LogP contribution < -0.4 is 0 Å². The topological polar surface area (TPSA) is 26.8 Å². The summed E-state index contributed by atoms with van der Waals surface area (Å²) >= 11 is 12.8. The number of nitrogens with zero attached hydrogens (tertiary/aromatic N) is 3. The molecule has 5 rings (SSSR count). The second-order valence-electron chi connectivity index (χ2n) is 11.9. The lowest BCUT2D eigenvalue weighted by molar-refractivity contribution is -0.131. The van der Waals surface area contributed by atoms with Gasteiger partial charge in [-0.25, -0.2) is 4.39 Å². The van der Waals surface area contributed by atoms with Crippen LogP contribution in [0.5, 0.6) is 0 Å². The van der Waals surface area contributed by atoms with Crippen molar-refractivity contribution in [3.63, 3.8) is 0 Å². The van der Waals surface area contributed by atoms with Gasteiger partial charge >= 0.3 is 0 Å². The van der Waals surface area contributed by atoms with Gasteiger partial charge in [0.05, 0.1) is 6.42 Å². The van der Waals surface area contributed by atoms with E-state index in [0.717, 1.165) is 69.5 Å². The number of halogens is 3. The molecule has 1 atom stereocenters. The molecule has 0 radical (unpaired) electrons. The molecule has 2 saturated heterocycles. The van der Waals surface area contributed by atoms with Gasteiger partial charge in [0.2, 0.25) is 5.91 Å². The van der Waals surface area contributed by atoms with Crippen molar-refractivity contribution in [2.75, 3.05) is 45.8 Å². The first-order valence-electron chi connectivity index (χ1n) is 14.9. The Morgan fingerprint density at radius 1 is 0.923 bits per heavy atom. The predicted molar refractivity (Wildman–Crippen MR) is 158 cm³/mol. The van der Waals surface area contributed by atoms with Gasteiger partial charge in [0.1, 0.15) is 5.82 Å². The van der Waals surface area contributed by atoms with Crippen molar-refractivity contribution in [3.8, 4) is 0 Å². The van der Waals surface area contributed by atoms with E-state index in [4.69, 9.17) is 23.2 Å². The van der Waals surface area contributed by atoms with Crippen LogP contribution in [0.4, 0.5) is 4.39 Å². The fourth-order valence-electron chi connectivity index (χ4n) is 7.04. The molecule has 1 amide bonds. The third-order valence-electron chi connectivity index (χ3n) is 9.41. The highest BCUT2D eigenvalue weighted by Crippen LogP contribution is 2.38. The van der Waals surface area contributed by atoms with E-state index in [9.17, 15) is 9.18 Å². The maximum Gasteiger partial charge on any atom is 0.227 e. The maximum atomic E-state index is 14.5. The highest BCUT2D eigenvalue weighted by molar-refractivity contribution is 6.31. The third kappa shape index (κ3) is 7.16. The minimum atomic E-state index is -0.417. The zero-order valence-corrected chi connectivity index (χ0v) is 24.5. The number of carbonyl (C=O) groups is 1. The first kappa shape index (κ1) is 28.9. The average molecular weight is 575 g/mol. The van der Waals surface area contributed by atoms with Gasteiger partial charge in [-0.1, -0.05) is 67.1 Å². The van der Waals surface area contributed by atoms with Crippen LogP contribution in [0, 0.1) is 5.82 Å². The molecule has 39 heavy (non-hydrogen) atoms. The molecule has 2 aliphatic heterocycles. The van der Waals surface area contributed by atoms with E-state index in [1.54, 1.807) is 12.1 Å². The number of likely N-dealkylation sites (tertiary alicyclic amines) is 1. The fourth-order valence-corrected chi connectivity index (χ4v) is 7.46. The van der Waals surface area contributed by atoms with E-state index < -0.39 is 5.82 Å². The maximum absolute atomic E-state index is 14.5. The summed E-state index contributed by atoms with van der Waals surface area (Å²) in [4.78, 5) is 20.9. The van der Waals surface area contributed by atoms with E-state index in [2.05, 4.69) is 21.9 Å². The number of amides is 1. The molecule has 2 aromatic carbocycles. The summed E-state index contributed by atoms with van der Waals surface area (Å²) in [6.07, 6.45) is 10.8. The molecule has 4 nitrogen and oxygen atoms in total. The van der Waals surface area contributed by atoms with Gasteiger partial charge in [0.15, 0.2) is 0 Å². The number of carbonyl (C=O) groups excluding carboxylic acids is 1. The molecular formula is C32H42Cl2FN3O. The highest BCUT2D eigenvalue weighted by atomic mass is 35.5. The summed E-state index contributed by atoms with van der Waals surface area (Å²) in [5.74, 6) is -0.476. The predicted octanol–water partition coefficient (Wildman–Crippen LogP) is 6.97. The van der Waals surface area contributed by atoms with Gasteiger partial charge in [-0.05, 0) is 68.5 Å². The second kappa shape index (κ2) is 13.3. The first-order valence-corrected chi connectivity index (χ1v) is 15.6. The molecular weight excluding hydrogens is 532 g/mol. The molecule has 0 aromatic heterocycles. The molecule has 3 fully saturated rings. The molecule has 0 unspecified atom stereocenters. The monoisotopic (exact) mass is 573 g/mol. The fraction of sp³-hybridized carbons (Fsp3) is 0.594. The lowest BCUT2D eigenvalue weighted by Crippen LogP contribution is -2.52. The average Bonchev–Trinajstić information content (AvgIpc) is 3.19. The van der Waals surface area contributed by atoms with E-state index in [1.165, 1.54) is 43.7 Å². The lowest BCUT2D eigenvalue weighted by Gasteiger charge is -2.43. The van der Waals surface area contributed by atoms with Crippen LogP contribution >= 0.6 is 23.2 Å². The number of hydrogen-bond donors (Lipinski definition) is 0. The van der Waals surface area contributed by atoms with Gasteiger partial charge in [0, 0.05) is 66.3 Å². The Hall–Kier alpha value is -1.66. The van der Waals surface area contributed by atoms with Crippen molar-refractivity contribution >= 4 is 29.1 Å². The van der Waals surface area contributed by atoms with E-state index in [0.29, 0.717) is 18.1 Å². The molecule has 1 saturated carbocycles. The van der Waals surface area contributed by atoms with Crippen LogP contribution in [0.25, 0.3) is 0 Å². The molecule has 0 bridgehead atoms. The van der Waals surface area contributed by atoms with Gasteiger partial charge < -0.3 is 9.80 Å². The van der Waals surface area contributed by atoms with E-state index in [1.807, 2.05) is 17.0 Å². The van der Waals surface area contributed by atoms with Crippen LogP contribution in [-0.4, -0.2) is 72.5 Å². The summed E-state index contributed by atoms with van der Waals surface area (Å²) in [7, 11) is 0. The van der Waals surface area contributed by atoms with Gasteiger partial charge in [-0.2, -0.15) is 0 Å². The number of benzene rings is 2. The minimum absolute atomic E-state index is 0.0136. The third-order valence-corrected chi connectivity index (χ3v) is 10.0. The normalized spacial score (nSPS) is 24.0. The van der Waals surface area contributed by atoms with E-state index in [-0.39, 0.29) is 23.3 Å². The van der Waals surface area contributed by atoms with Gasteiger partial charge in [-0.3, -0.25) is 9.69 Å². The van der Waals surface area contributed by atoms with Crippen LogP contribution in [0.1, 0.15) is 68.9 Å². The molecule has 3 aliphatic rings. The van der Waals surface area contributed by atoms with Crippen molar-refractivity contribution in [2.45, 2.75) is 75.7 Å². The van der Waals surface area contributed by atoms with E-state index >= 15 is 0 Å². The Labute approximate surface area is 243 Å². The number of rotatable bonds is 7. The lowest BCUT2D eigenvalue weighted by atomic mass is 9.73. The standard InChI is InChI=1S/C32H42Cl2FN3O/c33-26-9-6-8-25(22-26)32(15-17-36-18-20-37(21-19-36)27-10-2-1-3-11-27)14-4-5-16-38(24-32)31(39)23-28-29(34)12-7-13-30(28)35/h6-9,12-13,22,27H,1-5,10-11,14-21,23-24H2/t32-/m1/s1. The molecule has 212 valence electrons. The summed E-state index contributed by atoms with van der Waals surface area (Å²) in [6.45, 7) is 6.85. The van der Waals surface area contributed by atoms with Crippen molar-refractivity contribution in [1.29, 1.82) is 0 Å². The molecule has 7 heteroatoms. The Kier molecular flexibility index (Phi) is 9.87. The largest absolute Gasteiger partial charge is 0.342 e. The zero-order chi connectivity index (χ0) is 27.2. The minimum Gasteiger partial charge on any atom is -0.342 e. The van der Waals surface area contributed by atoms with Crippen LogP contribution in [0.2, 0.25) is 10.0 Å². The Morgan fingerprint density at radius 2 is 1.69 bits per heavy atom. The highest BCUT2D eigenvalue weighted by Gasteiger charge is 2.38. The molecule has 0 spiro atoms. The Balaban J connectivity index is 1.30. The SMILES string of the molecule is O=C(Cc1c(F)cccc1Cl)N1CCCC[C@](CCN2CCN(C3CCCCC3)CC2)(c2cccc(Cl)c2)C1. The summed E-state index contributed by atoms with van der Waals surface area (Å²) < 4.78 is 14.5. The van der Waals surface area contributed by atoms with Crippen molar-refractivity contribution in [1.82, 2.24) is 14.7 Å². The molecule has 2 heterocycles. The van der Waals surface area contributed by atoms with Crippen molar-refractivity contribution in [2.24, 2.45) is 0 Å². The Bertz CT molecular complexity index is 1100. The molecule has 0 N–H and O–H groups in total. The molecule has 2 aromatic rings. The zero-order valence-electron chi connectivity index (χ0n) is 23.0. The van der Waals surface area contributed by atoms with Crippen molar-refractivity contribution in [3.05, 3.63) is 69.5 Å². The molecule has 1 aliphatic carbocycles. The van der Waals surface area contributed by atoms with Crippen LogP contribution in [0.15, 0.2) is 42.5 Å². The van der Waals surface area contributed by atoms with Crippen molar-refractivity contribution < 1.29 is 9.18 Å². The first-order chi connectivity index (χ1) is 18.9. The number of piperazine rings is 1. The van der Waals surface area contributed by atoms with Crippen LogP contribution in [0.3, 0.4) is 0 Å². The van der Waals surface area contributed by atoms with Gasteiger partial charge in [0.25, 0.3) is 0 Å². The number of hydrogen-bond acceptors (Lipinski definition) is 3. The summed E-state index contributed by atoms with van der Waals surface area (Å²) in [6, 6.07) is 13.6. The quantitative estimate of drug-likeness (QED) is 0.358. The summed E-state index contributed by atoms with van der Waals surface area (Å²) in [5.41, 5.74) is 1.31. The second-order valence-corrected chi connectivity index (χ2v) is 12.7. The van der Waals surface area contributed by atoms with Crippen LogP contribution in [-0.2, 0) is 16.6 Å². The van der Waals surface area contributed by atoms with Gasteiger partial charge in [-0.15, -0.1) is 0 Å². The Morgan fingerprint density at radius 3 is 2.44 bits per heavy atom. The smallest absolute Gasteiger partial charge is 0.227 e.